The summed E-state index contributed by atoms with van der Waals surface area (Å²) in [5.74, 6) is 0. The lowest BCUT2D eigenvalue weighted by Gasteiger charge is -1.96. The van der Waals surface area contributed by atoms with E-state index in [1.807, 2.05) is 0 Å². The fourth-order valence-corrected chi connectivity index (χ4v) is 1.27. The Morgan fingerprint density at radius 2 is 2.08 bits per heavy atom. The third-order valence-corrected chi connectivity index (χ3v) is 2.10. The standard InChI is InChI=1S/C11H18N.BrH/c1-3-5-8-12-9-6-7-11(4-2)10-12;/h6-7,9-10H,3-5,8H2,1-2H3;1H/q+1;/p-1. The quantitative estimate of drug-likeness (QED) is 0.619. The molecule has 0 aliphatic heterocycles. The number of aryl methyl sites for hydroxylation is 2. The van der Waals surface area contributed by atoms with E-state index < -0.39 is 0 Å². The minimum Gasteiger partial charge on any atom is -1.00 e. The van der Waals surface area contributed by atoms with Crippen LogP contribution in [0.1, 0.15) is 32.3 Å². The summed E-state index contributed by atoms with van der Waals surface area (Å²) in [6, 6.07) is 4.32. The second-order valence-corrected chi connectivity index (χ2v) is 3.16. The van der Waals surface area contributed by atoms with Crippen LogP contribution in [0, 0.1) is 0 Å². The molecular weight excluding hydrogens is 226 g/mol. The maximum Gasteiger partial charge on any atom is 0.171 e. The van der Waals surface area contributed by atoms with Gasteiger partial charge in [-0.3, -0.25) is 0 Å². The van der Waals surface area contributed by atoms with Crippen molar-refractivity contribution in [1.82, 2.24) is 0 Å². The number of rotatable bonds is 4. The van der Waals surface area contributed by atoms with Crippen molar-refractivity contribution in [3.63, 3.8) is 0 Å². The zero-order valence-electron chi connectivity index (χ0n) is 8.46. The lowest BCUT2D eigenvalue weighted by Crippen LogP contribution is -3.00. The zero-order chi connectivity index (χ0) is 8.81. The first-order valence-corrected chi connectivity index (χ1v) is 4.84. The summed E-state index contributed by atoms with van der Waals surface area (Å²) in [6.07, 6.45) is 8.07. The Morgan fingerprint density at radius 3 is 2.69 bits per heavy atom. The number of nitrogens with zero attached hydrogens (tertiary/aromatic N) is 1. The molecule has 0 aromatic carbocycles. The first-order chi connectivity index (χ1) is 5.86. The molecule has 1 nitrogen and oxygen atoms in total. The minimum absolute atomic E-state index is 0. The summed E-state index contributed by atoms with van der Waals surface area (Å²) < 4.78 is 2.28. The second kappa shape index (κ2) is 7.07. The van der Waals surface area contributed by atoms with Gasteiger partial charge in [0.15, 0.2) is 12.4 Å². The predicted octanol–water partition coefficient (Wildman–Crippen LogP) is -0.659. The molecule has 13 heavy (non-hydrogen) atoms. The summed E-state index contributed by atoms with van der Waals surface area (Å²) in [7, 11) is 0. The molecule has 1 heterocycles. The molecule has 1 aromatic heterocycles. The molecule has 0 aliphatic carbocycles. The average molecular weight is 244 g/mol. The average Bonchev–Trinajstić information content (AvgIpc) is 2.15. The van der Waals surface area contributed by atoms with E-state index in [-0.39, 0.29) is 17.0 Å². The van der Waals surface area contributed by atoms with Gasteiger partial charge in [-0.15, -0.1) is 0 Å². The Labute approximate surface area is 91.6 Å². The van der Waals surface area contributed by atoms with Gasteiger partial charge in [-0.05, 0) is 12.5 Å². The summed E-state index contributed by atoms with van der Waals surface area (Å²) >= 11 is 0. The van der Waals surface area contributed by atoms with Crippen molar-refractivity contribution in [2.75, 3.05) is 0 Å². The van der Waals surface area contributed by atoms with Crippen LogP contribution in [-0.4, -0.2) is 0 Å². The lowest BCUT2D eigenvalue weighted by molar-refractivity contribution is -0.697. The molecule has 0 spiro atoms. The van der Waals surface area contributed by atoms with Gasteiger partial charge in [-0.2, -0.15) is 0 Å². The predicted molar refractivity (Wildman–Crippen MR) is 50.9 cm³/mol. The number of aromatic nitrogens is 1. The topological polar surface area (TPSA) is 3.88 Å². The van der Waals surface area contributed by atoms with Crippen LogP contribution in [0.3, 0.4) is 0 Å². The van der Waals surface area contributed by atoms with E-state index >= 15 is 0 Å². The van der Waals surface area contributed by atoms with Gasteiger partial charge >= 0.3 is 0 Å². The van der Waals surface area contributed by atoms with E-state index in [0.717, 1.165) is 13.0 Å². The number of halogens is 1. The van der Waals surface area contributed by atoms with E-state index in [4.69, 9.17) is 0 Å². The molecule has 0 atom stereocenters. The van der Waals surface area contributed by atoms with Gasteiger partial charge in [0, 0.05) is 18.1 Å². The number of hydrogen-bond donors (Lipinski definition) is 0. The molecule has 0 unspecified atom stereocenters. The van der Waals surface area contributed by atoms with Gasteiger partial charge in [0.1, 0.15) is 6.54 Å². The van der Waals surface area contributed by atoms with Crippen molar-refractivity contribution in [1.29, 1.82) is 0 Å². The number of pyridine rings is 1. The van der Waals surface area contributed by atoms with Crippen LogP contribution < -0.4 is 21.5 Å². The smallest absolute Gasteiger partial charge is 0.171 e. The van der Waals surface area contributed by atoms with Gasteiger partial charge in [-0.1, -0.05) is 20.3 Å². The van der Waals surface area contributed by atoms with Gasteiger partial charge in [0.2, 0.25) is 0 Å². The monoisotopic (exact) mass is 243 g/mol. The van der Waals surface area contributed by atoms with E-state index in [0.29, 0.717) is 0 Å². The molecular formula is C11H18BrN. The lowest BCUT2D eigenvalue weighted by atomic mass is 10.2. The molecule has 0 fully saturated rings. The fraction of sp³-hybridized carbons (Fsp3) is 0.545. The van der Waals surface area contributed by atoms with Crippen LogP contribution in [0.25, 0.3) is 0 Å². The molecule has 0 aliphatic rings. The van der Waals surface area contributed by atoms with Crippen molar-refractivity contribution in [3.8, 4) is 0 Å². The highest BCUT2D eigenvalue weighted by Crippen LogP contribution is 1.95. The highest BCUT2D eigenvalue weighted by Gasteiger charge is 1.99. The van der Waals surface area contributed by atoms with Crippen molar-refractivity contribution >= 4 is 0 Å². The third-order valence-electron chi connectivity index (χ3n) is 2.10. The first kappa shape index (κ1) is 12.6. The summed E-state index contributed by atoms with van der Waals surface area (Å²) in [5.41, 5.74) is 1.42. The maximum atomic E-state index is 2.28. The van der Waals surface area contributed by atoms with Crippen molar-refractivity contribution in [2.45, 2.75) is 39.7 Å². The highest BCUT2D eigenvalue weighted by atomic mass is 79.9. The largest absolute Gasteiger partial charge is 1.00 e. The highest BCUT2D eigenvalue weighted by molar-refractivity contribution is 5.04. The molecule has 1 rings (SSSR count). The van der Waals surface area contributed by atoms with Crippen molar-refractivity contribution < 1.29 is 21.5 Å². The summed E-state index contributed by atoms with van der Waals surface area (Å²) in [6.45, 7) is 5.58. The van der Waals surface area contributed by atoms with Crippen LogP contribution in [0.2, 0.25) is 0 Å². The van der Waals surface area contributed by atoms with Crippen LogP contribution in [0.4, 0.5) is 0 Å². The second-order valence-electron chi connectivity index (χ2n) is 3.16. The van der Waals surface area contributed by atoms with Crippen LogP contribution in [-0.2, 0) is 13.0 Å². The Bertz CT molecular complexity index is 235. The Kier molecular flexibility index (Phi) is 6.87. The van der Waals surface area contributed by atoms with Crippen LogP contribution >= 0.6 is 0 Å². The number of hydrogen-bond acceptors (Lipinski definition) is 0. The van der Waals surface area contributed by atoms with E-state index in [9.17, 15) is 0 Å². The third kappa shape index (κ3) is 4.41. The molecule has 0 radical (unpaired) electrons. The summed E-state index contributed by atoms with van der Waals surface area (Å²) in [4.78, 5) is 0. The Balaban J connectivity index is 0.00000144. The SMILES string of the molecule is CCCC[n+]1cccc(CC)c1.[Br-]. The normalized spacial score (nSPS) is 9.38. The fourth-order valence-electron chi connectivity index (χ4n) is 1.27. The molecule has 0 saturated heterocycles. The Hall–Kier alpha value is -0.370. The Morgan fingerprint density at radius 1 is 1.31 bits per heavy atom. The molecule has 0 saturated carbocycles. The van der Waals surface area contributed by atoms with Gasteiger partial charge in [0.25, 0.3) is 0 Å². The maximum absolute atomic E-state index is 2.28. The molecule has 2 heteroatoms. The molecule has 0 N–H and O–H groups in total. The zero-order valence-corrected chi connectivity index (χ0v) is 10.0. The number of unbranched alkanes of at least 4 members (excludes halogenated alkanes) is 1. The van der Waals surface area contributed by atoms with Crippen LogP contribution in [0.15, 0.2) is 24.5 Å². The molecule has 1 aromatic rings. The van der Waals surface area contributed by atoms with E-state index in [1.165, 1.54) is 18.4 Å². The summed E-state index contributed by atoms with van der Waals surface area (Å²) in [5, 5.41) is 0. The minimum atomic E-state index is 0. The molecule has 74 valence electrons. The molecule has 0 bridgehead atoms. The molecule has 0 amide bonds. The van der Waals surface area contributed by atoms with Gasteiger partial charge < -0.3 is 17.0 Å². The van der Waals surface area contributed by atoms with E-state index in [2.05, 4.69) is 42.9 Å². The van der Waals surface area contributed by atoms with Crippen molar-refractivity contribution in [2.24, 2.45) is 0 Å². The van der Waals surface area contributed by atoms with Gasteiger partial charge in [0.05, 0.1) is 0 Å². The first-order valence-electron chi connectivity index (χ1n) is 4.84. The van der Waals surface area contributed by atoms with Gasteiger partial charge in [-0.25, -0.2) is 4.57 Å². The van der Waals surface area contributed by atoms with Crippen molar-refractivity contribution in [3.05, 3.63) is 30.1 Å². The van der Waals surface area contributed by atoms with E-state index in [1.54, 1.807) is 0 Å². The van der Waals surface area contributed by atoms with Crippen LogP contribution in [0.5, 0.6) is 0 Å².